The molecule has 8 nitrogen and oxygen atoms in total. The molecule has 1 N–H and O–H groups in total. The molecule has 35 heavy (non-hydrogen) atoms. The van der Waals surface area contributed by atoms with Crippen molar-refractivity contribution in [3.63, 3.8) is 0 Å². The molecular weight excluding hydrogens is 466 g/mol. The van der Waals surface area contributed by atoms with Gasteiger partial charge in [0.25, 0.3) is 0 Å². The minimum Gasteiger partial charge on any atom is -0.497 e. The average molecular weight is 504 g/mol. The van der Waals surface area contributed by atoms with Gasteiger partial charge in [-0.25, -0.2) is 8.42 Å². The lowest BCUT2D eigenvalue weighted by molar-refractivity contribution is -0.140. The summed E-state index contributed by atoms with van der Waals surface area (Å²) in [5.74, 6) is 0.00501. The number of anilines is 1. The third-order valence-corrected chi connectivity index (χ3v) is 6.71. The van der Waals surface area contributed by atoms with E-state index in [9.17, 15) is 18.0 Å². The molecule has 192 valence electrons. The van der Waals surface area contributed by atoms with Crippen molar-refractivity contribution >= 4 is 27.5 Å². The second kappa shape index (κ2) is 12.6. The second-order valence-corrected chi connectivity index (χ2v) is 10.9. The molecule has 2 aromatic carbocycles. The van der Waals surface area contributed by atoms with Gasteiger partial charge in [-0.05, 0) is 37.0 Å². The van der Waals surface area contributed by atoms with Crippen LogP contribution < -0.4 is 14.4 Å². The predicted octanol–water partition coefficient (Wildman–Crippen LogP) is 3.35. The van der Waals surface area contributed by atoms with Crippen molar-refractivity contribution < 1.29 is 22.7 Å². The van der Waals surface area contributed by atoms with Gasteiger partial charge in [-0.1, -0.05) is 56.7 Å². The molecule has 0 spiro atoms. The lowest BCUT2D eigenvalue weighted by atomic mass is 10.1. The van der Waals surface area contributed by atoms with Crippen LogP contribution in [0.2, 0.25) is 0 Å². The van der Waals surface area contributed by atoms with Crippen molar-refractivity contribution in [2.75, 3.05) is 30.8 Å². The van der Waals surface area contributed by atoms with Crippen LogP contribution in [-0.4, -0.2) is 57.6 Å². The molecule has 1 unspecified atom stereocenters. The SMILES string of the molecule is CCC(C(=O)NCC(C)C)N(Cc1ccc(C)cc1)C(=O)CN(c1cccc(OC)c1)S(C)(=O)=O. The molecule has 0 aliphatic carbocycles. The Bertz CT molecular complexity index is 1100. The summed E-state index contributed by atoms with van der Waals surface area (Å²) in [5.41, 5.74) is 2.24. The number of benzene rings is 2. The summed E-state index contributed by atoms with van der Waals surface area (Å²) in [6.45, 7) is 8.03. The number of hydrogen-bond acceptors (Lipinski definition) is 5. The summed E-state index contributed by atoms with van der Waals surface area (Å²) in [6, 6.07) is 13.5. The summed E-state index contributed by atoms with van der Waals surface area (Å²) in [4.78, 5) is 28.2. The standard InChI is InChI=1S/C26H37N3O5S/c1-7-24(26(31)27-16-19(2)3)28(17-21-13-11-20(4)12-14-21)25(30)18-29(35(6,32)33)22-9-8-10-23(15-22)34-5/h8-15,19,24H,7,16-18H2,1-6H3,(H,27,31). The number of rotatable bonds is 12. The summed E-state index contributed by atoms with van der Waals surface area (Å²) in [6.07, 6.45) is 1.44. The normalized spacial score (nSPS) is 12.2. The highest BCUT2D eigenvalue weighted by atomic mass is 32.2. The molecule has 2 amide bonds. The topological polar surface area (TPSA) is 96.0 Å². The molecule has 0 aliphatic heterocycles. The minimum absolute atomic E-state index is 0.183. The van der Waals surface area contributed by atoms with E-state index in [0.717, 1.165) is 21.7 Å². The molecule has 1 atom stereocenters. The fourth-order valence-electron chi connectivity index (χ4n) is 3.61. The Morgan fingerprint density at radius 3 is 2.29 bits per heavy atom. The van der Waals surface area contributed by atoms with Gasteiger partial charge >= 0.3 is 0 Å². The maximum absolute atomic E-state index is 13.7. The highest BCUT2D eigenvalue weighted by molar-refractivity contribution is 7.92. The maximum Gasteiger partial charge on any atom is 0.244 e. The Morgan fingerprint density at radius 1 is 1.09 bits per heavy atom. The Morgan fingerprint density at radius 2 is 1.74 bits per heavy atom. The molecule has 0 heterocycles. The number of aryl methyl sites for hydroxylation is 1. The zero-order valence-electron chi connectivity index (χ0n) is 21.4. The first-order chi connectivity index (χ1) is 16.5. The smallest absolute Gasteiger partial charge is 0.244 e. The molecule has 2 aromatic rings. The van der Waals surface area contributed by atoms with E-state index in [4.69, 9.17) is 4.74 Å². The van der Waals surface area contributed by atoms with Crippen molar-refractivity contribution in [2.24, 2.45) is 5.92 Å². The number of sulfonamides is 1. The summed E-state index contributed by atoms with van der Waals surface area (Å²) >= 11 is 0. The van der Waals surface area contributed by atoms with Crippen LogP contribution in [0.25, 0.3) is 0 Å². The summed E-state index contributed by atoms with van der Waals surface area (Å²) < 4.78 is 31.6. The van der Waals surface area contributed by atoms with E-state index < -0.39 is 28.5 Å². The van der Waals surface area contributed by atoms with Crippen LogP contribution in [0.15, 0.2) is 48.5 Å². The van der Waals surface area contributed by atoms with Crippen LogP contribution in [0.5, 0.6) is 5.75 Å². The summed E-state index contributed by atoms with van der Waals surface area (Å²) in [5, 5.41) is 2.91. The number of nitrogens with one attached hydrogen (secondary N) is 1. The molecule has 0 aromatic heterocycles. The second-order valence-electron chi connectivity index (χ2n) is 9.04. The van der Waals surface area contributed by atoms with Crippen molar-refractivity contribution in [1.82, 2.24) is 10.2 Å². The third-order valence-electron chi connectivity index (χ3n) is 5.56. The van der Waals surface area contributed by atoms with Crippen LogP contribution in [0.4, 0.5) is 5.69 Å². The number of amides is 2. The maximum atomic E-state index is 13.7. The third kappa shape index (κ3) is 8.28. The van der Waals surface area contributed by atoms with E-state index in [-0.39, 0.29) is 18.4 Å². The zero-order valence-corrected chi connectivity index (χ0v) is 22.3. The van der Waals surface area contributed by atoms with E-state index in [1.54, 1.807) is 24.3 Å². The van der Waals surface area contributed by atoms with E-state index in [2.05, 4.69) is 5.32 Å². The van der Waals surface area contributed by atoms with Gasteiger partial charge in [-0.15, -0.1) is 0 Å². The number of hydrogen-bond donors (Lipinski definition) is 1. The van der Waals surface area contributed by atoms with Crippen LogP contribution in [0, 0.1) is 12.8 Å². The van der Waals surface area contributed by atoms with Gasteiger partial charge in [-0.3, -0.25) is 13.9 Å². The van der Waals surface area contributed by atoms with Gasteiger partial charge in [0.1, 0.15) is 18.3 Å². The number of nitrogens with zero attached hydrogens (tertiary/aromatic N) is 2. The largest absolute Gasteiger partial charge is 0.497 e. The minimum atomic E-state index is -3.79. The highest BCUT2D eigenvalue weighted by Crippen LogP contribution is 2.24. The van der Waals surface area contributed by atoms with Gasteiger partial charge < -0.3 is 15.0 Å². The van der Waals surface area contributed by atoms with Gasteiger partial charge in [0.2, 0.25) is 21.8 Å². The van der Waals surface area contributed by atoms with Crippen LogP contribution in [0.1, 0.15) is 38.3 Å². The molecule has 0 saturated carbocycles. The van der Waals surface area contributed by atoms with Gasteiger partial charge in [0, 0.05) is 19.2 Å². The predicted molar refractivity (Wildman–Crippen MR) is 139 cm³/mol. The molecule has 0 saturated heterocycles. The monoisotopic (exact) mass is 503 g/mol. The van der Waals surface area contributed by atoms with E-state index >= 15 is 0 Å². The first-order valence-corrected chi connectivity index (χ1v) is 13.6. The van der Waals surface area contributed by atoms with Gasteiger partial charge in [0.05, 0.1) is 19.1 Å². The summed E-state index contributed by atoms with van der Waals surface area (Å²) in [7, 11) is -2.31. The number of carbonyl (C=O) groups excluding carboxylic acids is 2. The molecule has 0 bridgehead atoms. The van der Waals surface area contributed by atoms with E-state index in [1.807, 2.05) is 52.0 Å². The number of carbonyl (C=O) groups is 2. The first kappa shape index (κ1) is 28.2. The van der Waals surface area contributed by atoms with E-state index in [0.29, 0.717) is 24.4 Å². The van der Waals surface area contributed by atoms with Crippen LogP contribution in [0.3, 0.4) is 0 Å². The molecule has 2 rings (SSSR count). The fourth-order valence-corrected chi connectivity index (χ4v) is 4.45. The van der Waals surface area contributed by atoms with Crippen molar-refractivity contribution in [3.8, 4) is 5.75 Å². The molecule has 0 aliphatic rings. The lowest BCUT2D eigenvalue weighted by Crippen LogP contribution is -2.52. The Labute approximate surface area is 209 Å². The van der Waals surface area contributed by atoms with Crippen LogP contribution in [-0.2, 0) is 26.2 Å². The fraction of sp³-hybridized carbons (Fsp3) is 0.462. The van der Waals surface area contributed by atoms with Crippen molar-refractivity contribution in [1.29, 1.82) is 0 Å². The Hall–Kier alpha value is -3.07. The average Bonchev–Trinajstić information content (AvgIpc) is 2.81. The molecule has 0 fully saturated rings. The quantitative estimate of drug-likeness (QED) is 0.479. The Kier molecular flexibility index (Phi) is 10.1. The molecular formula is C26H37N3O5S. The van der Waals surface area contributed by atoms with Gasteiger partial charge in [-0.2, -0.15) is 0 Å². The first-order valence-electron chi connectivity index (χ1n) is 11.7. The Balaban J connectivity index is 2.42. The van der Waals surface area contributed by atoms with Crippen molar-refractivity contribution in [3.05, 3.63) is 59.7 Å². The van der Waals surface area contributed by atoms with E-state index in [1.165, 1.54) is 12.0 Å². The highest BCUT2D eigenvalue weighted by Gasteiger charge is 2.31. The number of methoxy groups -OCH3 is 1. The molecule has 9 heteroatoms. The van der Waals surface area contributed by atoms with Gasteiger partial charge in [0.15, 0.2) is 0 Å². The van der Waals surface area contributed by atoms with Crippen molar-refractivity contribution in [2.45, 2.75) is 46.7 Å². The number of ether oxygens (including phenoxy) is 1. The van der Waals surface area contributed by atoms with Crippen LogP contribution >= 0.6 is 0 Å². The zero-order chi connectivity index (χ0) is 26.2. The molecule has 0 radical (unpaired) electrons. The lowest BCUT2D eigenvalue weighted by Gasteiger charge is -2.33.